The molecule has 1 atom stereocenters. The van der Waals surface area contributed by atoms with E-state index in [1.807, 2.05) is 30.3 Å². The number of carboxylic acids is 1. The molecule has 9 heteroatoms. The molecule has 176 valence electrons. The minimum Gasteiger partial charge on any atom is -0.497 e. The third-order valence-electron chi connectivity index (χ3n) is 5.84. The number of rotatable bonds is 7. The SMILES string of the molecule is COc1cc(-c2ccccc2)cc(N(C(=O)NCCC(=O)O)[C@H]2C(=O)C=C3CCCN3C2=O)c1. The molecule has 2 aliphatic rings. The molecular formula is C25H25N3O6. The molecule has 2 N–H and O–H groups in total. The van der Waals surface area contributed by atoms with Crippen LogP contribution in [0.1, 0.15) is 19.3 Å². The highest BCUT2D eigenvalue weighted by Gasteiger charge is 2.44. The Hall–Kier alpha value is -4.14. The number of fused-ring (bicyclic) bond motifs is 1. The van der Waals surface area contributed by atoms with Crippen molar-refractivity contribution < 1.29 is 29.0 Å². The summed E-state index contributed by atoms with van der Waals surface area (Å²) in [5.41, 5.74) is 2.53. The van der Waals surface area contributed by atoms with E-state index in [-0.39, 0.29) is 18.7 Å². The summed E-state index contributed by atoms with van der Waals surface area (Å²) in [7, 11) is 1.49. The van der Waals surface area contributed by atoms with E-state index in [0.29, 0.717) is 24.4 Å². The summed E-state index contributed by atoms with van der Waals surface area (Å²) in [6.45, 7) is 0.330. The first-order valence-electron chi connectivity index (χ1n) is 11.0. The summed E-state index contributed by atoms with van der Waals surface area (Å²) < 4.78 is 5.44. The zero-order valence-electron chi connectivity index (χ0n) is 18.7. The van der Waals surface area contributed by atoms with Crippen LogP contribution in [0.2, 0.25) is 0 Å². The number of hydrogen-bond donors (Lipinski definition) is 2. The fourth-order valence-corrected chi connectivity index (χ4v) is 4.23. The molecule has 1 saturated heterocycles. The average molecular weight is 463 g/mol. The summed E-state index contributed by atoms with van der Waals surface area (Å²) in [6.07, 6.45) is 2.51. The molecule has 9 nitrogen and oxygen atoms in total. The van der Waals surface area contributed by atoms with Gasteiger partial charge in [-0.3, -0.25) is 19.3 Å². The van der Waals surface area contributed by atoms with Gasteiger partial charge in [-0.1, -0.05) is 30.3 Å². The fraction of sp³-hybridized carbons (Fsp3) is 0.280. The maximum absolute atomic E-state index is 13.3. The Bertz CT molecular complexity index is 1160. The number of allylic oxidation sites excluding steroid dienone is 1. The second-order valence-corrected chi connectivity index (χ2v) is 8.07. The van der Waals surface area contributed by atoms with Gasteiger partial charge in [-0.25, -0.2) is 4.79 Å². The molecule has 2 aliphatic heterocycles. The Kier molecular flexibility index (Phi) is 6.62. The molecule has 0 radical (unpaired) electrons. The number of urea groups is 1. The van der Waals surface area contributed by atoms with Crippen LogP contribution < -0.4 is 15.0 Å². The first-order chi connectivity index (χ1) is 16.4. The number of ether oxygens (including phenoxy) is 1. The number of amides is 3. The molecule has 0 bridgehead atoms. The van der Waals surface area contributed by atoms with Gasteiger partial charge in [0.1, 0.15) is 5.75 Å². The molecule has 3 amide bonds. The van der Waals surface area contributed by atoms with Gasteiger partial charge in [0.2, 0.25) is 0 Å². The van der Waals surface area contributed by atoms with Crippen LogP contribution in [0.3, 0.4) is 0 Å². The topological polar surface area (TPSA) is 116 Å². The first kappa shape index (κ1) is 23.0. The van der Waals surface area contributed by atoms with Crippen molar-refractivity contribution in [2.75, 3.05) is 25.1 Å². The second kappa shape index (κ2) is 9.78. The van der Waals surface area contributed by atoms with Crippen LogP contribution in [-0.2, 0) is 14.4 Å². The van der Waals surface area contributed by atoms with E-state index in [2.05, 4.69) is 5.32 Å². The maximum atomic E-state index is 13.3. The number of hydrogen-bond acceptors (Lipinski definition) is 5. The number of nitrogens with zero attached hydrogens (tertiary/aromatic N) is 2. The number of aliphatic carboxylic acids is 1. The summed E-state index contributed by atoms with van der Waals surface area (Å²) in [4.78, 5) is 53.3. The average Bonchev–Trinajstić information content (AvgIpc) is 3.30. The van der Waals surface area contributed by atoms with E-state index in [0.717, 1.165) is 22.4 Å². The number of carbonyl (C=O) groups is 4. The monoisotopic (exact) mass is 463 g/mol. The van der Waals surface area contributed by atoms with Crippen molar-refractivity contribution >= 4 is 29.4 Å². The van der Waals surface area contributed by atoms with E-state index in [4.69, 9.17) is 9.84 Å². The van der Waals surface area contributed by atoms with Gasteiger partial charge >= 0.3 is 12.0 Å². The lowest BCUT2D eigenvalue weighted by Gasteiger charge is -2.35. The lowest BCUT2D eigenvalue weighted by atomic mass is 10.0. The lowest BCUT2D eigenvalue weighted by Crippen LogP contribution is -2.58. The molecule has 1 fully saturated rings. The number of ketones is 1. The highest BCUT2D eigenvalue weighted by atomic mass is 16.5. The lowest BCUT2D eigenvalue weighted by molar-refractivity contribution is -0.137. The maximum Gasteiger partial charge on any atom is 0.323 e. The zero-order chi connectivity index (χ0) is 24.2. The van der Waals surface area contributed by atoms with Crippen LogP contribution in [-0.4, -0.2) is 59.9 Å². The number of benzene rings is 2. The summed E-state index contributed by atoms with van der Waals surface area (Å²) >= 11 is 0. The van der Waals surface area contributed by atoms with E-state index in [1.165, 1.54) is 13.2 Å². The van der Waals surface area contributed by atoms with Crippen LogP contribution in [0.5, 0.6) is 5.75 Å². The van der Waals surface area contributed by atoms with Crippen LogP contribution in [0, 0.1) is 0 Å². The highest BCUT2D eigenvalue weighted by molar-refractivity contribution is 6.20. The van der Waals surface area contributed by atoms with Gasteiger partial charge in [0.15, 0.2) is 11.8 Å². The van der Waals surface area contributed by atoms with Crippen LogP contribution in [0.15, 0.2) is 60.3 Å². The second-order valence-electron chi connectivity index (χ2n) is 8.07. The van der Waals surface area contributed by atoms with Crippen molar-refractivity contribution in [1.29, 1.82) is 0 Å². The third-order valence-corrected chi connectivity index (χ3v) is 5.84. The predicted octanol–water partition coefficient (Wildman–Crippen LogP) is 2.81. The molecule has 2 heterocycles. The Balaban J connectivity index is 1.78. The van der Waals surface area contributed by atoms with E-state index >= 15 is 0 Å². The van der Waals surface area contributed by atoms with Gasteiger partial charge in [-0.05, 0) is 36.1 Å². The van der Waals surface area contributed by atoms with E-state index < -0.39 is 29.7 Å². The van der Waals surface area contributed by atoms with Crippen molar-refractivity contribution in [3.8, 4) is 16.9 Å². The van der Waals surface area contributed by atoms with Gasteiger partial charge in [-0.2, -0.15) is 0 Å². The number of carboxylic acid groups (broad SMARTS) is 1. The third kappa shape index (κ3) is 4.63. The Morgan fingerprint density at radius 3 is 2.62 bits per heavy atom. The number of carbonyl (C=O) groups excluding carboxylic acids is 3. The molecule has 2 aromatic rings. The molecule has 2 aromatic carbocycles. The number of nitrogens with one attached hydrogen (secondary N) is 1. The van der Waals surface area contributed by atoms with E-state index in [9.17, 15) is 19.2 Å². The fourth-order valence-electron chi connectivity index (χ4n) is 4.23. The summed E-state index contributed by atoms with van der Waals surface area (Å²) in [6, 6.07) is 12.4. The van der Waals surface area contributed by atoms with Crippen molar-refractivity contribution in [2.24, 2.45) is 0 Å². The molecular weight excluding hydrogens is 438 g/mol. The summed E-state index contributed by atoms with van der Waals surface area (Å²) in [5.74, 6) is -1.60. The molecule has 0 spiro atoms. The van der Waals surface area contributed by atoms with Gasteiger partial charge in [0.25, 0.3) is 5.91 Å². The van der Waals surface area contributed by atoms with Crippen molar-refractivity contribution in [3.05, 3.63) is 60.3 Å². The quantitative estimate of drug-likeness (QED) is 0.610. The first-order valence-corrected chi connectivity index (χ1v) is 11.0. The highest BCUT2D eigenvalue weighted by Crippen LogP contribution is 2.34. The van der Waals surface area contributed by atoms with Gasteiger partial charge in [0.05, 0.1) is 19.2 Å². The van der Waals surface area contributed by atoms with Crippen LogP contribution in [0.25, 0.3) is 11.1 Å². The molecule has 0 aromatic heterocycles. The minimum absolute atomic E-state index is 0.153. The van der Waals surface area contributed by atoms with Gasteiger partial charge in [-0.15, -0.1) is 0 Å². The molecule has 4 rings (SSSR count). The molecule has 0 saturated carbocycles. The Morgan fingerprint density at radius 2 is 1.91 bits per heavy atom. The van der Waals surface area contributed by atoms with E-state index in [1.54, 1.807) is 23.1 Å². The van der Waals surface area contributed by atoms with Crippen molar-refractivity contribution in [2.45, 2.75) is 25.3 Å². The zero-order valence-corrected chi connectivity index (χ0v) is 18.7. The molecule has 0 unspecified atom stereocenters. The van der Waals surface area contributed by atoms with Crippen molar-refractivity contribution in [1.82, 2.24) is 10.2 Å². The normalized spacial score (nSPS) is 17.1. The molecule has 34 heavy (non-hydrogen) atoms. The summed E-state index contributed by atoms with van der Waals surface area (Å²) in [5, 5.41) is 11.5. The Morgan fingerprint density at radius 1 is 1.15 bits per heavy atom. The number of anilines is 1. The van der Waals surface area contributed by atoms with Crippen LogP contribution >= 0.6 is 0 Å². The molecule has 0 aliphatic carbocycles. The standard InChI is InChI=1S/C25H25N3O6/c1-34-20-13-17(16-6-3-2-4-7-16)12-19(14-20)28(25(33)26-10-9-22(30)31)23-21(29)15-18-8-5-11-27(18)24(23)32/h2-4,6-7,12-15,23H,5,8-11H2,1H3,(H,26,33)(H,30,31)/t23-/m0/s1. The largest absolute Gasteiger partial charge is 0.497 e. The Labute approximate surface area is 196 Å². The minimum atomic E-state index is -1.40. The predicted molar refractivity (Wildman–Crippen MR) is 124 cm³/mol. The number of methoxy groups -OCH3 is 1. The van der Waals surface area contributed by atoms with Gasteiger partial charge < -0.3 is 20.1 Å². The smallest absolute Gasteiger partial charge is 0.323 e. The van der Waals surface area contributed by atoms with Gasteiger partial charge in [0, 0.05) is 30.9 Å². The van der Waals surface area contributed by atoms with Crippen molar-refractivity contribution in [3.63, 3.8) is 0 Å². The van der Waals surface area contributed by atoms with Crippen LogP contribution in [0.4, 0.5) is 10.5 Å².